The monoisotopic (exact) mass is 369 g/mol. The molecule has 2 aromatic rings. The first-order valence-electron chi connectivity index (χ1n) is 8.35. The molecule has 1 heterocycles. The standard InChI is InChI=1S/C20H20ClN3O2/c1-4-23(3)15-9-6-14(7-10-15)11-17-19(25)22-24(20(17)26)16-8-5-13(2)18(21)12-16/h5-12H,4H2,1-3H3,(H,22,25). The molecule has 134 valence electrons. The van der Waals surface area contributed by atoms with Crippen LogP contribution in [-0.4, -0.2) is 25.4 Å². The van der Waals surface area contributed by atoms with E-state index in [1.807, 2.05) is 44.3 Å². The lowest BCUT2D eigenvalue weighted by atomic mass is 10.1. The number of anilines is 2. The Morgan fingerprint density at radius 1 is 1.15 bits per heavy atom. The predicted octanol–water partition coefficient (Wildman–Crippen LogP) is 3.57. The second kappa shape index (κ2) is 7.22. The molecule has 0 bridgehead atoms. The van der Waals surface area contributed by atoms with E-state index in [9.17, 15) is 9.59 Å². The van der Waals surface area contributed by atoms with Gasteiger partial charge in [0.15, 0.2) is 0 Å². The molecule has 0 aromatic heterocycles. The zero-order valence-corrected chi connectivity index (χ0v) is 15.7. The fourth-order valence-corrected chi connectivity index (χ4v) is 2.81. The number of hydrogen-bond acceptors (Lipinski definition) is 3. The van der Waals surface area contributed by atoms with Crippen molar-refractivity contribution in [1.29, 1.82) is 0 Å². The van der Waals surface area contributed by atoms with Gasteiger partial charge in [-0.05, 0) is 55.3 Å². The average molecular weight is 370 g/mol. The summed E-state index contributed by atoms with van der Waals surface area (Å²) >= 11 is 6.13. The topological polar surface area (TPSA) is 52.7 Å². The van der Waals surface area contributed by atoms with Crippen LogP contribution in [0.5, 0.6) is 0 Å². The summed E-state index contributed by atoms with van der Waals surface area (Å²) in [6.45, 7) is 4.85. The smallest absolute Gasteiger partial charge is 0.282 e. The quantitative estimate of drug-likeness (QED) is 0.662. The first-order valence-corrected chi connectivity index (χ1v) is 8.73. The van der Waals surface area contributed by atoms with Crippen molar-refractivity contribution in [3.05, 3.63) is 64.2 Å². The van der Waals surface area contributed by atoms with Crippen molar-refractivity contribution >= 4 is 40.9 Å². The largest absolute Gasteiger partial charge is 0.375 e. The summed E-state index contributed by atoms with van der Waals surface area (Å²) in [5.74, 6) is -0.828. The molecule has 26 heavy (non-hydrogen) atoms. The van der Waals surface area contributed by atoms with Gasteiger partial charge < -0.3 is 4.90 Å². The third-order valence-electron chi connectivity index (χ3n) is 4.42. The minimum Gasteiger partial charge on any atom is -0.375 e. The Morgan fingerprint density at radius 3 is 2.46 bits per heavy atom. The molecule has 2 amide bonds. The Kier molecular flexibility index (Phi) is 5.00. The first kappa shape index (κ1) is 18.0. The van der Waals surface area contributed by atoms with Gasteiger partial charge in [-0.1, -0.05) is 29.8 Å². The van der Waals surface area contributed by atoms with E-state index in [-0.39, 0.29) is 5.57 Å². The van der Waals surface area contributed by atoms with Crippen molar-refractivity contribution in [2.45, 2.75) is 13.8 Å². The number of rotatable bonds is 4. The lowest BCUT2D eigenvalue weighted by molar-refractivity contribution is -0.117. The highest BCUT2D eigenvalue weighted by Crippen LogP contribution is 2.26. The summed E-state index contributed by atoms with van der Waals surface area (Å²) in [6.07, 6.45) is 1.60. The van der Waals surface area contributed by atoms with Gasteiger partial charge in [-0.2, -0.15) is 0 Å². The molecule has 0 atom stereocenters. The van der Waals surface area contributed by atoms with Crippen molar-refractivity contribution in [3.63, 3.8) is 0 Å². The number of hydrogen-bond donors (Lipinski definition) is 1. The summed E-state index contributed by atoms with van der Waals surface area (Å²) in [6, 6.07) is 12.9. The van der Waals surface area contributed by atoms with Crippen molar-refractivity contribution < 1.29 is 9.59 Å². The summed E-state index contributed by atoms with van der Waals surface area (Å²) in [5, 5.41) is 1.76. The molecule has 1 fully saturated rings. The number of nitrogens with one attached hydrogen (secondary N) is 1. The number of carbonyl (C=O) groups is 2. The molecule has 1 N–H and O–H groups in total. The van der Waals surface area contributed by atoms with Gasteiger partial charge in [-0.25, -0.2) is 5.01 Å². The third kappa shape index (κ3) is 3.44. The number of carbonyl (C=O) groups excluding carboxylic acids is 2. The van der Waals surface area contributed by atoms with E-state index >= 15 is 0 Å². The van der Waals surface area contributed by atoms with Gasteiger partial charge in [0, 0.05) is 24.3 Å². The molecule has 3 rings (SSSR count). The Balaban J connectivity index is 1.86. The van der Waals surface area contributed by atoms with Crippen LogP contribution in [0.25, 0.3) is 6.08 Å². The maximum atomic E-state index is 12.7. The molecule has 0 radical (unpaired) electrons. The molecule has 1 aliphatic heterocycles. The number of nitrogens with zero attached hydrogens (tertiary/aromatic N) is 2. The van der Waals surface area contributed by atoms with Crippen LogP contribution in [0.15, 0.2) is 48.0 Å². The van der Waals surface area contributed by atoms with Crippen LogP contribution in [0, 0.1) is 6.92 Å². The fraction of sp³-hybridized carbons (Fsp3) is 0.200. The van der Waals surface area contributed by atoms with E-state index in [0.717, 1.165) is 23.4 Å². The zero-order valence-electron chi connectivity index (χ0n) is 14.9. The Bertz CT molecular complexity index is 890. The van der Waals surface area contributed by atoms with Gasteiger partial charge in [0.25, 0.3) is 11.8 Å². The van der Waals surface area contributed by atoms with E-state index in [1.54, 1.807) is 18.2 Å². The third-order valence-corrected chi connectivity index (χ3v) is 4.83. The predicted molar refractivity (Wildman–Crippen MR) is 105 cm³/mol. The molecule has 6 heteroatoms. The average Bonchev–Trinajstić information content (AvgIpc) is 2.92. The van der Waals surface area contributed by atoms with Crippen LogP contribution >= 0.6 is 11.6 Å². The van der Waals surface area contributed by atoms with Crippen molar-refractivity contribution in [2.75, 3.05) is 23.5 Å². The number of aryl methyl sites for hydroxylation is 1. The molecule has 0 saturated carbocycles. The molecule has 1 saturated heterocycles. The van der Waals surface area contributed by atoms with Gasteiger partial charge in [-0.15, -0.1) is 0 Å². The number of halogens is 1. The minimum absolute atomic E-state index is 0.0956. The highest BCUT2D eigenvalue weighted by molar-refractivity contribution is 6.33. The van der Waals surface area contributed by atoms with E-state index in [4.69, 9.17) is 11.6 Å². The molecule has 0 spiro atoms. The van der Waals surface area contributed by atoms with Crippen LogP contribution < -0.4 is 15.3 Å². The van der Waals surface area contributed by atoms with Crippen molar-refractivity contribution in [2.24, 2.45) is 0 Å². The van der Waals surface area contributed by atoms with E-state index < -0.39 is 11.8 Å². The molecule has 0 unspecified atom stereocenters. The summed E-state index contributed by atoms with van der Waals surface area (Å²) in [7, 11) is 2.01. The van der Waals surface area contributed by atoms with Crippen LogP contribution in [0.4, 0.5) is 11.4 Å². The Labute approximate surface area is 157 Å². The number of hydrazine groups is 1. The highest BCUT2D eigenvalue weighted by Gasteiger charge is 2.34. The zero-order chi connectivity index (χ0) is 18.8. The normalized spacial score (nSPS) is 15.5. The van der Waals surface area contributed by atoms with Gasteiger partial charge in [0.2, 0.25) is 0 Å². The van der Waals surface area contributed by atoms with Crippen molar-refractivity contribution in [1.82, 2.24) is 5.43 Å². The van der Waals surface area contributed by atoms with Gasteiger partial charge in [-0.3, -0.25) is 15.0 Å². The lowest BCUT2D eigenvalue weighted by Gasteiger charge is -2.16. The van der Waals surface area contributed by atoms with Crippen molar-refractivity contribution in [3.8, 4) is 0 Å². The molecule has 5 nitrogen and oxygen atoms in total. The van der Waals surface area contributed by atoms with Crippen LogP contribution in [0.1, 0.15) is 18.1 Å². The summed E-state index contributed by atoms with van der Waals surface area (Å²) in [5.41, 5.74) is 5.98. The summed E-state index contributed by atoms with van der Waals surface area (Å²) in [4.78, 5) is 27.0. The van der Waals surface area contributed by atoms with E-state index in [0.29, 0.717) is 10.7 Å². The van der Waals surface area contributed by atoms with Gasteiger partial charge >= 0.3 is 0 Å². The Hall–Kier alpha value is -2.79. The molecule has 0 aliphatic carbocycles. The van der Waals surface area contributed by atoms with Gasteiger partial charge in [0.1, 0.15) is 5.57 Å². The first-order chi connectivity index (χ1) is 12.4. The fourth-order valence-electron chi connectivity index (χ4n) is 2.63. The Morgan fingerprint density at radius 2 is 1.85 bits per heavy atom. The van der Waals surface area contributed by atoms with E-state index in [1.165, 1.54) is 5.01 Å². The minimum atomic E-state index is -0.429. The maximum Gasteiger partial charge on any atom is 0.282 e. The molecule has 2 aromatic carbocycles. The molecule has 1 aliphatic rings. The summed E-state index contributed by atoms with van der Waals surface area (Å²) < 4.78 is 0. The second-order valence-electron chi connectivity index (χ2n) is 6.18. The molecular formula is C20H20ClN3O2. The molecular weight excluding hydrogens is 350 g/mol. The van der Waals surface area contributed by atoms with Gasteiger partial charge in [0.05, 0.1) is 5.69 Å². The number of amides is 2. The second-order valence-corrected chi connectivity index (χ2v) is 6.59. The lowest BCUT2D eigenvalue weighted by Crippen LogP contribution is -2.35. The van der Waals surface area contributed by atoms with Crippen LogP contribution in [0.3, 0.4) is 0 Å². The van der Waals surface area contributed by atoms with E-state index in [2.05, 4.69) is 17.2 Å². The van der Waals surface area contributed by atoms with Crippen LogP contribution in [-0.2, 0) is 9.59 Å². The number of benzene rings is 2. The SMILES string of the molecule is CCN(C)c1ccc(C=C2C(=O)NN(c3ccc(C)c(Cl)c3)C2=O)cc1. The van der Waals surface area contributed by atoms with Crippen LogP contribution in [0.2, 0.25) is 5.02 Å². The maximum absolute atomic E-state index is 12.7. The highest BCUT2D eigenvalue weighted by atomic mass is 35.5.